The van der Waals surface area contributed by atoms with Crippen LogP contribution in [0.15, 0.2) is 57.6 Å². The molecule has 2 aromatic rings. The summed E-state index contributed by atoms with van der Waals surface area (Å²) in [6.07, 6.45) is 0. The van der Waals surface area contributed by atoms with E-state index >= 15 is 0 Å². The predicted molar refractivity (Wildman–Crippen MR) is 94.5 cm³/mol. The molecule has 0 bridgehead atoms. The van der Waals surface area contributed by atoms with E-state index in [2.05, 4.69) is 27.2 Å². The minimum Gasteiger partial charge on any atom is -0.373 e. The van der Waals surface area contributed by atoms with Gasteiger partial charge in [-0.15, -0.1) is 10.2 Å². The van der Waals surface area contributed by atoms with Crippen molar-refractivity contribution in [2.75, 3.05) is 4.72 Å². The summed E-state index contributed by atoms with van der Waals surface area (Å²) in [4.78, 5) is 0.130. The van der Waals surface area contributed by atoms with Crippen LogP contribution in [0, 0.1) is 13.8 Å². The maximum atomic E-state index is 12.4. The second-order valence-electron chi connectivity index (χ2n) is 4.94. The van der Waals surface area contributed by atoms with Crippen LogP contribution in [0.1, 0.15) is 11.1 Å². The van der Waals surface area contributed by atoms with E-state index in [-0.39, 0.29) is 10.0 Å². The Hall–Kier alpha value is -2.32. The zero-order valence-electron chi connectivity index (χ0n) is 12.6. The number of nitrogens with one attached hydrogen (secondary N) is 1. The van der Waals surface area contributed by atoms with Crippen LogP contribution >= 0.6 is 12.2 Å². The molecule has 0 aromatic heterocycles. The Morgan fingerprint density at radius 1 is 1.09 bits per heavy atom. The lowest BCUT2D eigenvalue weighted by Crippen LogP contribution is -2.12. The quantitative estimate of drug-likeness (QED) is 0.653. The monoisotopic (exact) mass is 348 g/mol. The molecule has 0 saturated carbocycles. The van der Waals surface area contributed by atoms with Crippen LogP contribution in [0.3, 0.4) is 0 Å². The van der Waals surface area contributed by atoms with Gasteiger partial charge in [0.1, 0.15) is 0 Å². The first-order valence-corrected chi connectivity index (χ1v) is 8.58. The fraction of sp³-hybridized carbons (Fsp3) is 0.133. The predicted octanol–water partition coefficient (Wildman–Crippen LogP) is 3.43. The standard InChI is InChI=1S/C15H16N4O2S2/c1-10-3-4-13(9-11(10)2)19-23(20,21)14-7-5-12(6-8-14)17-18-15(16)22/h3-9,19H,1-2H3,(H2,16,22). The second kappa shape index (κ2) is 6.84. The molecule has 0 spiro atoms. The summed E-state index contributed by atoms with van der Waals surface area (Å²) < 4.78 is 27.3. The number of hydrogen-bond acceptors (Lipinski definition) is 4. The van der Waals surface area contributed by atoms with Gasteiger partial charge in [-0.25, -0.2) is 8.42 Å². The van der Waals surface area contributed by atoms with E-state index in [1.165, 1.54) is 24.3 Å². The van der Waals surface area contributed by atoms with Gasteiger partial charge in [0.25, 0.3) is 10.0 Å². The summed E-state index contributed by atoms with van der Waals surface area (Å²) in [5.41, 5.74) is 8.30. The second-order valence-corrected chi connectivity index (χ2v) is 7.04. The third kappa shape index (κ3) is 4.57. The average Bonchev–Trinajstić information content (AvgIpc) is 2.49. The molecule has 0 aliphatic carbocycles. The lowest BCUT2D eigenvalue weighted by Gasteiger charge is -2.10. The number of benzene rings is 2. The molecular weight excluding hydrogens is 332 g/mol. The number of anilines is 1. The van der Waals surface area contributed by atoms with E-state index in [1.807, 2.05) is 19.9 Å². The Labute approximate surface area is 140 Å². The van der Waals surface area contributed by atoms with Crippen molar-refractivity contribution in [2.24, 2.45) is 16.0 Å². The van der Waals surface area contributed by atoms with Crippen molar-refractivity contribution in [3.8, 4) is 0 Å². The van der Waals surface area contributed by atoms with Crippen molar-refractivity contribution in [1.82, 2.24) is 0 Å². The number of sulfonamides is 1. The molecule has 6 nitrogen and oxygen atoms in total. The van der Waals surface area contributed by atoms with Crippen molar-refractivity contribution in [3.05, 3.63) is 53.6 Å². The van der Waals surface area contributed by atoms with Gasteiger partial charge in [0.2, 0.25) is 5.11 Å². The third-order valence-electron chi connectivity index (χ3n) is 3.17. The van der Waals surface area contributed by atoms with Crippen LogP contribution < -0.4 is 10.5 Å². The molecule has 0 heterocycles. The Kier molecular flexibility index (Phi) is 5.07. The Morgan fingerprint density at radius 3 is 2.30 bits per heavy atom. The minimum atomic E-state index is -3.66. The van der Waals surface area contributed by atoms with Crippen LogP contribution in [0.5, 0.6) is 0 Å². The number of hydrogen-bond donors (Lipinski definition) is 2. The molecule has 0 amide bonds. The molecule has 0 radical (unpaired) electrons. The van der Waals surface area contributed by atoms with E-state index in [9.17, 15) is 8.42 Å². The van der Waals surface area contributed by atoms with E-state index < -0.39 is 10.0 Å². The fourth-order valence-corrected chi connectivity index (χ4v) is 2.91. The molecule has 2 aromatic carbocycles. The van der Waals surface area contributed by atoms with Crippen LogP contribution in [0.4, 0.5) is 11.4 Å². The van der Waals surface area contributed by atoms with E-state index in [0.29, 0.717) is 11.4 Å². The smallest absolute Gasteiger partial charge is 0.261 e. The third-order valence-corrected chi connectivity index (χ3v) is 4.65. The lowest BCUT2D eigenvalue weighted by molar-refractivity contribution is 0.601. The van der Waals surface area contributed by atoms with E-state index in [0.717, 1.165) is 11.1 Å². The van der Waals surface area contributed by atoms with Crippen LogP contribution in [-0.2, 0) is 10.0 Å². The molecule has 0 unspecified atom stereocenters. The Balaban J connectivity index is 2.22. The van der Waals surface area contributed by atoms with E-state index in [1.54, 1.807) is 12.1 Å². The Bertz CT molecular complexity index is 860. The van der Waals surface area contributed by atoms with Crippen molar-refractivity contribution in [1.29, 1.82) is 0 Å². The summed E-state index contributed by atoms with van der Waals surface area (Å²) in [6, 6.07) is 11.3. The number of thiocarbonyl (C=S) groups is 1. The van der Waals surface area contributed by atoms with Crippen molar-refractivity contribution in [2.45, 2.75) is 18.7 Å². The molecular formula is C15H16N4O2S2. The van der Waals surface area contributed by atoms with Gasteiger partial charge in [-0.3, -0.25) is 4.72 Å². The summed E-state index contributed by atoms with van der Waals surface area (Å²) in [7, 11) is -3.66. The van der Waals surface area contributed by atoms with Crippen LogP contribution in [0.2, 0.25) is 0 Å². The van der Waals surface area contributed by atoms with Gasteiger partial charge in [0.05, 0.1) is 10.6 Å². The zero-order valence-corrected chi connectivity index (χ0v) is 14.3. The number of rotatable bonds is 4. The number of azo groups is 1. The minimum absolute atomic E-state index is 0.0851. The molecule has 2 rings (SSSR count). The number of aryl methyl sites for hydroxylation is 2. The molecule has 3 N–H and O–H groups in total. The summed E-state index contributed by atoms with van der Waals surface area (Å²) in [5, 5.41) is 7.23. The molecule has 23 heavy (non-hydrogen) atoms. The molecule has 0 saturated heterocycles. The molecule has 0 aliphatic rings. The van der Waals surface area contributed by atoms with Gasteiger partial charge in [0.15, 0.2) is 0 Å². The highest BCUT2D eigenvalue weighted by Gasteiger charge is 2.14. The summed E-state index contributed by atoms with van der Waals surface area (Å²) in [6.45, 7) is 3.89. The highest BCUT2D eigenvalue weighted by Crippen LogP contribution is 2.21. The highest BCUT2D eigenvalue weighted by molar-refractivity contribution is 7.92. The largest absolute Gasteiger partial charge is 0.373 e. The van der Waals surface area contributed by atoms with Crippen LogP contribution in [-0.4, -0.2) is 13.5 Å². The van der Waals surface area contributed by atoms with Gasteiger partial charge >= 0.3 is 0 Å². The molecule has 8 heteroatoms. The van der Waals surface area contributed by atoms with Gasteiger partial charge in [-0.1, -0.05) is 6.07 Å². The first-order valence-electron chi connectivity index (χ1n) is 6.69. The van der Waals surface area contributed by atoms with E-state index in [4.69, 9.17) is 5.73 Å². The SMILES string of the molecule is Cc1ccc(NS(=O)(=O)c2ccc(N=NC(N)=S)cc2)cc1C. The highest BCUT2D eigenvalue weighted by atomic mass is 32.2. The van der Waals surface area contributed by atoms with Gasteiger partial charge in [-0.2, -0.15) is 0 Å². The fourth-order valence-electron chi connectivity index (χ4n) is 1.82. The topological polar surface area (TPSA) is 96.9 Å². The van der Waals surface area contributed by atoms with Crippen LogP contribution in [0.25, 0.3) is 0 Å². The molecule has 120 valence electrons. The molecule has 0 atom stereocenters. The van der Waals surface area contributed by atoms with Gasteiger partial charge < -0.3 is 5.73 Å². The maximum absolute atomic E-state index is 12.4. The van der Waals surface area contributed by atoms with Gasteiger partial charge in [-0.05, 0) is 73.6 Å². The first kappa shape index (κ1) is 17.0. The normalized spacial score (nSPS) is 11.6. The zero-order chi connectivity index (χ0) is 17.0. The van der Waals surface area contributed by atoms with Gasteiger partial charge in [0, 0.05) is 5.69 Å². The molecule has 0 fully saturated rings. The van der Waals surface area contributed by atoms with Crippen molar-refractivity contribution >= 4 is 38.7 Å². The summed E-state index contributed by atoms with van der Waals surface area (Å²) in [5.74, 6) is 0. The number of nitrogens with two attached hydrogens (primary N) is 1. The lowest BCUT2D eigenvalue weighted by atomic mass is 10.1. The average molecular weight is 348 g/mol. The van der Waals surface area contributed by atoms with Crippen molar-refractivity contribution < 1.29 is 8.42 Å². The molecule has 0 aliphatic heterocycles. The number of nitrogens with zero attached hydrogens (tertiary/aromatic N) is 2. The first-order chi connectivity index (χ1) is 10.8. The Morgan fingerprint density at radius 2 is 1.74 bits per heavy atom. The summed E-state index contributed by atoms with van der Waals surface area (Å²) >= 11 is 4.58. The maximum Gasteiger partial charge on any atom is 0.261 e. The van der Waals surface area contributed by atoms with Crippen molar-refractivity contribution in [3.63, 3.8) is 0 Å².